The number of rotatable bonds is 6. The van der Waals surface area contributed by atoms with Gasteiger partial charge in [0.15, 0.2) is 0 Å². The van der Waals surface area contributed by atoms with Crippen molar-refractivity contribution in [2.24, 2.45) is 0 Å². The molecule has 4 nitrogen and oxygen atoms in total. The second kappa shape index (κ2) is 5.23. The molecule has 2 aromatic rings. The summed E-state index contributed by atoms with van der Waals surface area (Å²) >= 11 is 0. The van der Waals surface area contributed by atoms with Gasteiger partial charge in [0.1, 0.15) is 18.2 Å². The van der Waals surface area contributed by atoms with Gasteiger partial charge in [0.25, 0.3) is 0 Å². The summed E-state index contributed by atoms with van der Waals surface area (Å²) < 4.78 is 5.63. The molecule has 1 heterocycles. The van der Waals surface area contributed by atoms with Crippen LogP contribution in [0.2, 0.25) is 0 Å². The van der Waals surface area contributed by atoms with Crippen molar-refractivity contribution in [2.45, 2.75) is 32.0 Å². The Balaban J connectivity index is 1.50. The molecule has 0 atom stereocenters. The Labute approximate surface area is 106 Å². The molecule has 2 N–H and O–H groups in total. The van der Waals surface area contributed by atoms with E-state index in [0.717, 1.165) is 29.9 Å². The van der Waals surface area contributed by atoms with Gasteiger partial charge < -0.3 is 15.0 Å². The number of hydrogen-bond donors (Lipinski definition) is 2. The number of imidazole rings is 1. The number of H-pyrrole nitrogens is 1. The lowest BCUT2D eigenvalue weighted by Gasteiger charge is -2.03. The largest absolute Gasteiger partial charge is 0.486 e. The molecule has 0 amide bonds. The quantitative estimate of drug-likeness (QED) is 0.818. The van der Waals surface area contributed by atoms with Crippen LogP contribution in [0.5, 0.6) is 5.75 Å². The van der Waals surface area contributed by atoms with Gasteiger partial charge in [-0.05, 0) is 25.0 Å². The van der Waals surface area contributed by atoms with Crippen molar-refractivity contribution < 1.29 is 4.74 Å². The van der Waals surface area contributed by atoms with Crippen molar-refractivity contribution in [1.29, 1.82) is 0 Å². The molecule has 18 heavy (non-hydrogen) atoms. The number of aromatic nitrogens is 2. The molecule has 0 spiro atoms. The summed E-state index contributed by atoms with van der Waals surface area (Å²) in [6, 6.07) is 10.5. The highest BCUT2D eigenvalue weighted by atomic mass is 16.5. The third kappa shape index (κ3) is 3.11. The zero-order valence-electron chi connectivity index (χ0n) is 10.2. The first-order chi connectivity index (χ1) is 8.90. The minimum absolute atomic E-state index is 0.480. The van der Waals surface area contributed by atoms with Gasteiger partial charge in [0, 0.05) is 24.5 Å². The van der Waals surface area contributed by atoms with Crippen molar-refractivity contribution in [3.63, 3.8) is 0 Å². The van der Waals surface area contributed by atoms with E-state index in [0.29, 0.717) is 6.61 Å². The van der Waals surface area contributed by atoms with Crippen LogP contribution in [0, 0.1) is 0 Å². The molecule has 1 aliphatic rings. The van der Waals surface area contributed by atoms with Gasteiger partial charge in [-0.2, -0.15) is 0 Å². The fraction of sp³-hybridized carbons (Fsp3) is 0.357. The molecule has 0 radical (unpaired) electrons. The topological polar surface area (TPSA) is 49.9 Å². The predicted octanol–water partition coefficient (Wildman–Crippen LogP) is 2.24. The zero-order valence-corrected chi connectivity index (χ0v) is 10.2. The second-order valence-electron chi connectivity index (χ2n) is 4.61. The smallest absolute Gasteiger partial charge is 0.146 e. The van der Waals surface area contributed by atoms with Gasteiger partial charge in [-0.25, -0.2) is 4.98 Å². The zero-order chi connectivity index (χ0) is 12.2. The standard InChI is InChI=1S/C14H17N3O/c1-2-4-13(5-3-1)18-10-14-16-9-12(17-14)8-15-11-6-7-11/h1-5,9,11,15H,6-8,10H2,(H,16,17). The fourth-order valence-electron chi connectivity index (χ4n) is 1.78. The molecular weight excluding hydrogens is 226 g/mol. The van der Waals surface area contributed by atoms with Gasteiger partial charge in [0.2, 0.25) is 0 Å². The molecule has 0 saturated heterocycles. The fourth-order valence-corrected chi connectivity index (χ4v) is 1.78. The van der Waals surface area contributed by atoms with E-state index in [-0.39, 0.29) is 0 Å². The van der Waals surface area contributed by atoms with Gasteiger partial charge in [-0.15, -0.1) is 0 Å². The highest BCUT2D eigenvalue weighted by Gasteiger charge is 2.20. The van der Waals surface area contributed by atoms with Crippen LogP contribution in [0.15, 0.2) is 36.5 Å². The Hall–Kier alpha value is -1.81. The Kier molecular flexibility index (Phi) is 3.28. The van der Waals surface area contributed by atoms with E-state index in [4.69, 9.17) is 4.74 Å². The molecule has 1 aromatic carbocycles. The number of nitrogens with zero attached hydrogens (tertiary/aromatic N) is 1. The first-order valence-corrected chi connectivity index (χ1v) is 6.34. The van der Waals surface area contributed by atoms with Gasteiger partial charge in [0.05, 0.1) is 0 Å². The molecule has 4 heteroatoms. The van der Waals surface area contributed by atoms with E-state index in [1.807, 2.05) is 36.5 Å². The van der Waals surface area contributed by atoms with Crippen LogP contribution in [0.4, 0.5) is 0 Å². The summed E-state index contributed by atoms with van der Waals surface area (Å²) in [5, 5.41) is 3.45. The van der Waals surface area contributed by atoms with E-state index in [1.165, 1.54) is 12.8 Å². The van der Waals surface area contributed by atoms with Crippen LogP contribution in [-0.2, 0) is 13.2 Å². The van der Waals surface area contributed by atoms with E-state index in [1.54, 1.807) is 0 Å². The average molecular weight is 243 g/mol. The van der Waals surface area contributed by atoms with E-state index in [9.17, 15) is 0 Å². The molecule has 1 aliphatic carbocycles. The predicted molar refractivity (Wildman–Crippen MR) is 69.2 cm³/mol. The van der Waals surface area contributed by atoms with Crippen LogP contribution in [0.3, 0.4) is 0 Å². The summed E-state index contributed by atoms with van der Waals surface area (Å²) in [4.78, 5) is 7.58. The number of hydrogen-bond acceptors (Lipinski definition) is 3. The van der Waals surface area contributed by atoms with E-state index < -0.39 is 0 Å². The summed E-state index contributed by atoms with van der Waals surface area (Å²) in [6.45, 7) is 1.34. The molecule has 0 aliphatic heterocycles. The van der Waals surface area contributed by atoms with Gasteiger partial charge in [-0.1, -0.05) is 18.2 Å². The lowest BCUT2D eigenvalue weighted by Crippen LogP contribution is -2.15. The first kappa shape index (κ1) is 11.3. The van der Waals surface area contributed by atoms with Crippen LogP contribution >= 0.6 is 0 Å². The number of nitrogens with one attached hydrogen (secondary N) is 2. The molecule has 1 aromatic heterocycles. The number of benzene rings is 1. The molecule has 1 saturated carbocycles. The Morgan fingerprint density at radius 3 is 2.89 bits per heavy atom. The maximum absolute atomic E-state index is 5.63. The summed E-state index contributed by atoms with van der Waals surface area (Å²) in [6.07, 6.45) is 4.48. The van der Waals surface area contributed by atoms with Crippen LogP contribution in [0.1, 0.15) is 24.4 Å². The second-order valence-corrected chi connectivity index (χ2v) is 4.61. The maximum Gasteiger partial charge on any atom is 0.146 e. The Morgan fingerprint density at radius 2 is 2.11 bits per heavy atom. The van der Waals surface area contributed by atoms with Gasteiger partial charge in [-0.3, -0.25) is 0 Å². The molecule has 0 unspecified atom stereocenters. The number of aromatic amines is 1. The first-order valence-electron chi connectivity index (χ1n) is 6.34. The number of para-hydroxylation sites is 1. The molecule has 3 rings (SSSR count). The molecule has 1 fully saturated rings. The van der Waals surface area contributed by atoms with Crippen molar-refractivity contribution >= 4 is 0 Å². The third-order valence-corrected chi connectivity index (χ3v) is 2.96. The maximum atomic E-state index is 5.63. The highest BCUT2D eigenvalue weighted by Crippen LogP contribution is 2.19. The SMILES string of the molecule is c1ccc(OCc2ncc(CNC3CC3)[nH]2)cc1. The van der Waals surface area contributed by atoms with Crippen LogP contribution in [0.25, 0.3) is 0 Å². The summed E-state index contributed by atoms with van der Waals surface area (Å²) in [5.41, 5.74) is 1.12. The summed E-state index contributed by atoms with van der Waals surface area (Å²) in [5.74, 6) is 1.73. The lowest BCUT2D eigenvalue weighted by molar-refractivity contribution is 0.297. The van der Waals surface area contributed by atoms with E-state index in [2.05, 4.69) is 15.3 Å². The van der Waals surface area contributed by atoms with Gasteiger partial charge >= 0.3 is 0 Å². The molecule has 94 valence electrons. The molecule has 0 bridgehead atoms. The van der Waals surface area contributed by atoms with Crippen molar-refractivity contribution in [3.05, 3.63) is 48.0 Å². The van der Waals surface area contributed by atoms with Crippen molar-refractivity contribution in [3.8, 4) is 5.75 Å². The van der Waals surface area contributed by atoms with Crippen molar-refractivity contribution in [1.82, 2.24) is 15.3 Å². The van der Waals surface area contributed by atoms with Crippen LogP contribution in [-0.4, -0.2) is 16.0 Å². The number of ether oxygens (including phenoxy) is 1. The highest BCUT2D eigenvalue weighted by molar-refractivity contribution is 5.21. The third-order valence-electron chi connectivity index (χ3n) is 2.96. The van der Waals surface area contributed by atoms with Crippen LogP contribution < -0.4 is 10.1 Å². The van der Waals surface area contributed by atoms with Crippen molar-refractivity contribution in [2.75, 3.05) is 0 Å². The minimum atomic E-state index is 0.480. The lowest BCUT2D eigenvalue weighted by atomic mass is 10.3. The minimum Gasteiger partial charge on any atom is -0.486 e. The molecular formula is C14H17N3O. The monoisotopic (exact) mass is 243 g/mol. The Morgan fingerprint density at radius 1 is 1.28 bits per heavy atom. The van der Waals surface area contributed by atoms with E-state index >= 15 is 0 Å². The normalized spacial score (nSPS) is 14.7. The average Bonchev–Trinajstić information content (AvgIpc) is 3.14. The summed E-state index contributed by atoms with van der Waals surface area (Å²) in [7, 11) is 0. The Bertz CT molecular complexity index is 491.